The molecule has 9 aromatic rings. The molecular formula is C42H34N2S. The summed E-state index contributed by atoms with van der Waals surface area (Å²) in [6, 6.07) is 45.2. The Balaban J connectivity index is 1.36. The monoisotopic (exact) mass is 598 g/mol. The summed E-state index contributed by atoms with van der Waals surface area (Å²) in [5.41, 5.74) is 10.4. The van der Waals surface area contributed by atoms with E-state index in [2.05, 4.69) is 158 Å². The van der Waals surface area contributed by atoms with Crippen LogP contribution in [0.2, 0.25) is 0 Å². The number of aromatic nitrogens is 2. The lowest BCUT2D eigenvalue weighted by molar-refractivity contribution is 0.815. The first-order valence-electron chi connectivity index (χ1n) is 16.0. The second-order valence-corrected chi connectivity index (χ2v) is 14.0. The summed E-state index contributed by atoms with van der Waals surface area (Å²) in [4.78, 5) is 0. The van der Waals surface area contributed by atoms with E-state index in [0.29, 0.717) is 11.8 Å². The van der Waals surface area contributed by atoms with Crippen LogP contribution in [-0.4, -0.2) is 9.13 Å². The number of nitrogens with zero attached hydrogens (tertiary/aromatic N) is 2. The van der Waals surface area contributed by atoms with E-state index in [-0.39, 0.29) is 0 Å². The van der Waals surface area contributed by atoms with Crippen LogP contribution in [0.5, 0.6) is 0 Å². The molecule has 6 aromatic carbocycles. The summed E-state index contributed by atoms with van der Waals surface area (Å²) in [5, 5.41) is 7.91. The first-order valence-corrected chi connectivity index (χ1v) is 16.8. The maximum Gasteiger partial charge on any atom is 0.0556 e. The van der Waals surface area contributed by atoms with E-state index in [0.717, 1.165) is 0 Å². The zero-order chi connectivity index (χ0) is 30.4. The summed E-state index contributed by atoms with van der Waals surface area (Å²) >= 11 is 1.93. The smallest absolute Gasteiger partial charge is 0.0556 e. The van der Waals surface area contributed by atoms with Crippen molar-refractivity contribution in [3.63, 3.8) is 0 Å². The highest BCUT2D eigenvalue weighted by Gasteiger charge is 2.23. The summed E-state index contributed by atoms with van der Waals surface area (Å²) in [6.45, 7) is 9.26. The Morgan fingerprint density at radius 2 is 1.04 bits per heavy atom. The topological polar surface area (TPSA) is 9.86 Å². The van der Waals surface area contributed by atoms with Gasteiger partial charge in [0.25, 0.3) is 0 Å². The van der Waals surface area contributed by atoms with E-state index in [1.54, 1.807) is 0 Å². The predicted molar refractivity (Wildman–Crippen MR) is 196 cm³/mol. The lowest BCUT2D eigenvalue weighted by Crippen LogP contribution is -2.06. The van der Waals surface area contributed by atoms with Gasteiger partial charge >= 0.3 is 0 Å². The van der Waals surface area contributed by atoms with Crippen LogP contribution in [0.1, 0.15) is 50.7 Å². The first-order chi connectivity index (χ1) is 22.0. The van der Waals surface area contributed by atoms with Crippen LogP contribution in [0, 0.1) is 0 Å². The minimum atomic E-state index is 0.419. The number of thiophene rings is 1. The van der Waals surface area contributed by atoms with Crippen molar-refractivity contribution >= 4 is 75.1 Å². The zero-order valence-corrected chi connectivity index (χ0v) is 26.8. The van der Waals surface area contributed by atoms with Crippen molar-refractivity contribution in [1.29, 1.82) is 0 Å². The molecule has 3 heterocycles. The maximum atomic E-state index is 2.56. The quantitative estimate of drug-likeness (QED) is 0.191. The molecule has 0 radical (unpaired) electrons. The number of hydrogen-bond donors (Lipinski definition) is 0. The van der Waals surface area contributed by atoms with Crippen LogP contribution in [0.25, 0.3) is 75.2 Å². The molecule has 0 bridgehead atoms. The fourth-order valence-corrected chi connectivity index (χ4v) is 8.86. The van der Waals surface area contributed by atoms with Gasteiger partial charge in [-0.25, -0.2) is 0 Å². The molecule has 0 spiro atoms. The summed E-state index contributed by atoms with van der Waals surface area (Å²) in [6.07, 6.45) is 0. The average Bonchev–Trinajstić information content (AvgIpc) is 3.71. The van der Waals surface area contributed by atoms with Crippen LogP contribution in [0.3, 0.4) is 0 Å². The van der Waals surface area contributed by atoms with E-state index < -0.39 is 0 Å². The number of hydrogen-bond acceptors (Lipinski definition) is 1. The molecule has 0 saturated heterocycles. The largest absolute Gasteiger partial charge is 0.309 e. The van der Waals surface area contributed by atoms with E-state index >= 15 is 0 Å². The number of rotatable bonds is 4. The average molecular weight is 599 g/mol. The van der Waals surface area contributed by atoms with Gasteiger partial charge in [0.05, 0.1) is 27.8 Å². The molecule has 0 aliphatic heterocycles. The van der Waals surface area contributed by atoms with E-state index in [1.807, 2.05) is 11.3 Å². The molecule has 0 saturated carbocycles. The van der Waals surface area contributed by atoms with E-state index in [4.69, 9.17) is 0 Å². The molecule has 0 N–H and O–H groups in total. The Kier molecular flexibility index (Phi) is 5.79. The van der Waals surface area contributed by atoms with Crippen molar-refractivity contribution in [1.82, 2.24) is 9.13 Å². The first kappa shape index (κ1) is 26.5. The van der Waals surface area contributed by atoms with Crippen molar-refractivity contribution in [3.05, 3.63) is 132 Å². The molecule has 45 heavy (non-hydrogen) atoms. The fraction of sp³-hybridized carbons (Fsp3) is 0.143. The van der Waals surface area contributed by atoms with Crippen molar-refractivity contribution in [2.75, 3.05) is 0 Å². The molecule has 2 nitrogen and oxygen atoms in total. The third kappa shape index (κ3) is 3.74. The molecule has 0 unspecified atom stereocenters. The summed E-state index contributed by atoms with van der Waals surface area (Å²) < 4.78 is 7.67. The summed E-state index contributed by atoms with van der Waals surface area (Å²) in [7, 11) is 0. The molecule has 3 heteroatoms. The Labute approximate surface area is 266 Å². The van der Waals surface area contributed by atoms with Gasteiger partial charge in [-0.2, -0.15) is 0 Å². The molecule has 218 valence electrons. The Morgan fingerprint density at radius 1 is 0.467 bits per heavy atom. The fourth-order valence-electron chi connectivity index (χ4n) is 7.62. The molecule has 0 amide bonds. The van der Waals surface area contributed by atoms with Gasteiger partial charge < -0.3 is 9.13 Å². The molecule has 3 aromatic heterocycles. The molecule has 0 aliphatic carbocycles. The molecule has 0 fully saturated rings. The molecule has 9 rings (SSSR count). The van der Waals surface area contributed by atoms with Gasteiger partial charge in [-0.05, 0) is 65.4 Å². The third-order valence-corrected chi connectivity index (χ3v) is 10.9. The second kappa shape index (κ2) is 9.82. The van der Waals surface area contributed by atoms with Crippen LogP contribution in [0.15, 0.2) is 121 Å². The maximum absolute atomic E-state index is 2.56. The second-order valence-electron chi connectivity index (χ2n) is 12.9. The number of fused-ring (bicyclic) bond motifs is 10. The Hall–Kier alpha value is -4.86. The van der Waals surface area contributed by atoms with E-state index in [9.17, 15) is 0 Å². The third-order valence-electron chi connectivity index (χ3n) is 9.66. The highest BCUT2D eigenvalue weighted by Crippen LogP contribution is 2.46. The van der Waals surface area contributed by atoms with Crippen molar-refractivity contribution in [2.24, 2.45) is 0 Å². The number of para-hydroxylation sites is 4. The van der Waals surface area contributed by atoms with Gasteiger partial charge in [-0.1, -0.05) is 107 Å². The van der Waals surface area contributed by atoms with Gasteiger partial charge in [0.1, 0.15) is 0 Å². The lowest BCUT2D eigenvalue weighted by Gasteiger charge is -2.22. The summed E-state index contributed by atoms with van der Waals surface area (Å²) in [5.74, 6) is 0.837. The van der Waals surface area contributed by atoms with Crippen LogP contribution in [-0.2, 0) is 0 Å². The lowest BCUT2D eigenvalue weighted by atomic mass is 9.92. The standard InChI is InChI=1S/C42H34N2S/c1-25(2)28-15-11-16-29(26(3)4)41(28)44-37-19-10-7-14-33(37)40-38(44)22-21-32-34-24-27(20-23-39(34)45-42(32)40)43-35-17-8-5-12-30(35)31-13-6-9-18-36(31)43/h5-26H,1-4H3. The highest BCUT2D eigenvalue weighted by molar-refractivity contribution is 7.26. The zero-order valence-electron chi connectivity index (χ0n) is 26.0. The Bertz CT molecular complexity index is 2530. The molecule has 0 aliphatic rings. The van der Waals surface area contributed by atoms with Gasteiger partial charge in [0.2, 0.25) is 0 Å². The van der Waals surface area contributed by atoms with Gasteiger partial charge in [0.15, 0.2) is 0 Å². The Morgan fingerprint density at radius 3 is 1.67 bits per heavy atom. The van der Waals surface area contributed by atoms with E-state index in [1.165, 1.54) is 86.3 Å². The van der Waals surface area contributed by atoms with Crippen LogP contribution < -0.4 is 0 Å². The number of benzene rings is 6. The van der Waals surface area contributed by atoms with Gasteiger partial charge in [-0.3, -0.25) is 0 Å². The minimum absolute atomic E-state index is 0.419. The minimum Gasteiger partial charge on any atom is -0.309 e. The highest BCUT2D eigenvalue weighted by atomic mass is 32.1. The van der Waals surface area contributed by atoms with Crippen molar-refractivity contribution < 1.29 is 0 Å². The van der Waals surface area contributed by atoms with Crippen LogP contribution >= 0.6 is 11.3 Å². The SMILES string of the molecule is CC(C)c1cccc(C(C)C)c1-n1c2ccccc2c2c3sc4ccc(-n5c6ccccc6c6ccccc65)cc4c3ccc21. The normalized spacial score (nSPS) is 12.4. The van der Waals surface area contributed by atoms with Crippen LogP contribution in [0.4, 0.5) is 0 Å². The molecular weight excluding hydrogens is 565 g/mol. The molecule has 0 atom stereocenters. The van der Waals surface area contributed by atoms with Gasteiger partial charge in [0, 0.05) is 47.4 Å². The van der Waals surface area contributed by atoms with Crippen molar-refractivity contribution in [2.45, 2.75) is 39.5 Å². The van der Waals surface area contributed by atoms with Crippen molar-refractivity contribution in [3.8, 4) is 11.4 Å². The van der Waals surface area contributed by atoms with Gasteiger partial charge in [-0.15, -0.1) is 11.3 Å². The predicted octanol–water partition coefficient (Wildman–Crippen LogP) is 12.5.